The van der Waals surface area contributed by atoms with E-state index in [4.69, 9.17) is 9.47 Å². The first-order valence-electron chi connectivity index (χ1n) is 8.22. The van der Waals surface area contributed by atoms with Crippen LogP contribution < -0.4 is 14.8 Å². The fourth-order valence-corrected chi connectivity index (χ4v) is 3.37. The van der Waals surface area contributed by atoms with E-state index in [1.165, 1.54) is 17.4 Å². The van der Waals surface area contributed by atoms with Gasteiger partial charge in [0.2, 0.25) is 5.91 Å². The van der Waals surface area contributed by atoms with Crippen molar-refractivity contribution in [2.24, 2.45) is 0 Å². The number of anilines is 1. The Bertz CT molecular complexity index is 1020. The molecule has 9 heteroatoms. The summed E-state index contributed by atoms with van der Waals surface area (Å²) in [6, 6.07) is 11.5. The van der Waals surface area contributed by atoms with Crippen molar-refractivity contribution in [2.45, 2.75) is 6.42 Å². The minimum Gasteiger partial charge on any atom is -0.497 e. The summed E-state index contributed by atoms with van der Waals surface area (Å²) >= 11 is 1.26. The normalized spacial score (nSPS) is 10.4. The van der Waals surface area contributed by atoms with Crippen LogP contribution in [-0.2, 0) is 11.2 Å². The Morgan fingerprint density at radius 2 is 2.00 bits per heavy atom. The van der Waals surface area contributed by atoms with Crippen LogP contribution in [0.5, 0.6) is 11.5 Å². The smallest absolute Gasteiger partial charge is 0.273 e. The van der Waals surface area contributed by atoms with Crippen LogP contribution in [0.3, 0.4) is 0 Å². The van der Waals surface area contributed by atoms with Crippen LogP contribution >= 0.6 is 11.3 Å². The number of ether oxygens (including phenoxy) is 2. The van der Waals surface area contributed by atoms with Crippen molar-refractivity contribution in [2.75, 3.05) is 19.5 Å². The summed E-state index contributed by atoms with van der Waals surface area (Å²) in [5.74, 6) is 0.883. The highest BCUT2D eigenvalue weighted by atomic mass is 32.1. The van der Waals surface area contributed by atoms with Gasteiger partial charge in [-0.05, 0) is 12.1 Å². The van der Waals surface area contributed by atoms with E-state index in [9.17, 15) is 14.9 Å². The molecule has 0 aliphatic rings. The third-order valence-electron chi connectivity index (χ3n) is 3.97. The highest BCUT2D eigenvalue weighted by Gasteiger charge is 2.17. The molecule has 1 N–H and O–H groups in total. The van der Waals surface area contributed by atoms with Crippen LogP contribution in [0.1, 0.15) is 5.56 Å². The summed E-state index contributed by atoms with van der Waals surface area (Å²) in [7, 11) is 3.13. The van der Waals surface area contributed by atoms with Gasteiger partial charge in [-0.3, -0.25) is 14.9 Å². The number of nitro benzene ring substituents is 1. The molecule has 2 aromatic carbocycles. The molecule has 0 saturated carbocycles. The number of methoxy groups -OCH3 is 2. The number of para-hydroxylation sites is 1. The lowest BCUT2D eigenvalue weighted by molar-refractivity contribution is -0.385. The first-order valence-corrected chi connectivity index (χ1v) is 9.10. The van der Waals surface area contributed by atoms with Crippen molar-refractivity contribution in [1.29, 1.82) is 0 Å². The molecular weight excluding hydrogens is 382 g/mol. The maximum absolute atomic E-state index is 12.3. The zero-order valence-corrected chi connectivity index (χ0v) is 16.0. The van der Waals surface area contributed by atoms with Gasteiger partial charge in [0, 0.05) is 28.6 Å². The topological polar surface area (TPSA) is 104 Å². The fourth-order valence-electron chi connectivity index (χ4n) is 2.64. The lowest BCUT2D eigenvalue weighted by Crippen LogP contribution is -2.15. The molecule has 1 heterocycles. The van der Waals surface area contributed by atoms with Gasteiger partial charge in [0.1, 0.15) is 11.5 Å². The number of hydrogen-bond donors (Lipinski definition) is 1. The molecule has 0 bridgehead atoms. The summed E-state index contributed by atoms with van der Waals surface area (Å²) in [5, 5.41) is 16.0. The number of nitrogens with zero attached hydrogens (tertiary/aromatic N) is 2. The number of amides is 1. The third-order valence-corrected chi connectivity index (χ3v) is 4.73. The van der Waals surface area contributed by atoms with E-state index in [2.05, 4.69) is 10.3 Å². The SMILES string of the molecule is COc1ccc(-c2csc(NC(=O)Cc3ccccc3[N+](=O)[O-])n2)c(OC)c1. The van der Waals surface area contributed by atoms with Crippen LogP contribution in [0.15, 0.2) is 47.8 Å². The van der Waals surface area contributed by atoms with Gasteiger partial charge < -0.3 is 14.8 Å². The minimum absolute atomic E-state index is 0.0829. The van der Waals surface area contributed by atoms with Gasteiger partial charge in [0.25, 0.3) is 5.69 Å². The lowest BCUT2D eigenvalue weighted by atomic mass is 10.1. The molecule has 1 aromatic heterocycles. The van der Waals surface area contributed by atoms with Crippen molar-refractivity contribution in [3.63, 3.8) is 0 Å². The van der Waals surface area contributed by atoms with Gasteiger partial charge in [-0.25, -0.2) is 4.98 Å². The molecule has 8 nitrogen and oxygen atoms in total. The Morgan fingerprint density at radius 1 is 1.21 bits per heavy atom. The van der Waals surface area contributed by atoms with Crippen molar-refractivity contribution in [3.05, 3.63) is 63.5 Å². The van der Waals surface area contributed by atoms with E-state index in [0.717, 1.165) is 5.56 Å². The number of carbonyl (C=O) groups excluding carboxylic acids is 1. The molecule has 0 radical (unpaired) electrons. The summed E-state index contributed by atoms with van der Waals surface area (Å²) in [6.45, 7) is 0. The van der Waals surface area contributed by atoms with Crippen LogP contribution in [-0.4, -0.2) is 30.0 Å². The molecule has 0 spiro atoms. The van der Waals surface area contributed by atoms with Crippen molar-refractivity contribution >= 4 is 28.1 Å². The number of rotatable bonds is 7. The van der Waals surface area contributed by atoms with E-state index >= 15 is 0 Å². The Hall–Kier alpha value is -3.46. The Balaban J connectivity index is 1.75. The molecule has 0 unspecified atom stereocenters. The van der Waals surface area contributed by atoms with Gasteiger partial charge in [-0.15, -0.1) is 11.3 Å². The highest BCUT2D eigenvalue weighted by Crippen LogP contribution is 2.34. The average molecular weight is 399 g/mol. The number of hydrogen-bond acceptors (Lipinski definition) is 7. The van der Waals surface area contributed by atoms with E-state index in [0.29, 0.717) is 27.9 Å². The van der Waals surface area contributed by atoms with Crippen molar-refractivity contribution < 1.29 is 19.2 Å². The fraction of sp³-hybridized carbons (Fsp3) is 0.158. The predicted molar refractivity (Wildman–Crippen MR) is 106 cm³/mol. The summed E-state index contributed by atoms with van der Waals surface area (Å²) in [6.07, 6.45) is -0.113. The molecule has 3 rings (SSSR count). The number of thiazole rings is 1. The monoisotopic (exact) mass is 399 g/mol. The number of benzene rings is 2. The van der Waals surface area contributed by atoms with E-state index in [1.807, 2.05) is 6.07 Å². The predicted octanol–water partition coefficient (Wildman–Crippen LogP) is 3.92. The van der Waals surface area contributed by atoms with Gasteiger partial charge in [-0.1, -0.05) is 18.2 Å². The maximum atomic E-state index is 12.3. The molecule has 0 saturated heterocycles. The van der Waals surface area contributed by atoms with Crippen molar-refractivity contribution in [1.82, 2.24) is 4.98 Å². The molecular formula is C19H17N3O5S. The average Bonchev–Trinajstić information content (AvgIpc) is 3.15. The number of nitrogens with one attached hydrogen (secondary N) is 1. The lowest BCUT2D eigenvalue weighted by Gasteiger charge is -2.08. The van der Waals surface area contributed by atoms with E-state index < -0.39 is 4.92 Å². The second-order valence-electron chi connectivity index (χ2n) is 5.71. The van der Waals surface area contributed by atoms with Crippen LogP contribution in [0, 0.1) is 10.1 Å². The Kier molecular flexibility index (Phi) is 5.85. The summed E-state index contributed by atoms with van der Waals surface area (Å²) in [5.41, 5.74) is 1.67. The highest BCUT2D eigenvalue weighted by molar-refractivity contribution is 7.14. The van der Waals surface area contributed by atoms with E-state index in [1.54, 1.807) is 49.9 Å². The Labute approximate surface area is 164 Å². The van der Waals surface area contributed by atoms with Crippen molar-refractivity contribution in [3.8, 4) is 22.8 Å². The Morgan fingerprint density at radius 3 is 2.71 bits per heavy atom. The van der Waals surface area contributed by atoms with Crippen LogP contribution in [0.2, 0.25) is 0 Å². The zero-order valence-electron chi connectivity index (χ0n) is 15.2. The number of nitro groups is 1. The second kappa shape index (κ2) is 8.49. The zero-order chi connectivity index (χ0) is 20.1. The summed E-state index contributed by atoms with van der Waals surface area (Å²) < 4.78 is 10.6. The van der Waals surface area contributed by atoms with E-state index in [-0.39, 0.29) is 18.0 Å². The second-order valence-corrected chi connectivity index (χ2v) is 6.57. The van der Waals surface area contributed by atoms with Gasteiger partial charge >= 0.3 is 0 Å². The first-order chi connectivity index (χ1) is 13.5. The van der Waals surface area contributed by atoms with Gasteiger partial charge in [0.15, 0.2) is 5.13 Å². The standard InChI is InChI=1S/C19H17N3O5S/c1-26-13-7-8-14(17(10-13)27-2)15-11-28-19(20-15)21-18(23)9-12-5-3-4-6-16(12)22(24)25/h3-8,10-11H,9H2,1-2H3,(H,20,21,23). The molecule has 0 atom stereocenters. The third kappa shape index (κ3) is 4.26. The minimum atomic E-state index is -0.500. The number of aromatic nitrogens is 1. The molecule has 0 aliphatic heterocycles. The number of carbonyl (C=O) groups is 1. The van der Waals surface area contributed by atoms with Gasteiger partial charge in [-0.2, -0.15) is 0 Å². The quantitative estimate of drug-likeness (QED) is 0.477. The van der Waals surface area contributed by atoms with Gasteiger partial charge in [0.05, 0.1) is 31.3 Å². The van der Waals surface area contributed by atoms with Crippen LogP contribution in [0.25, 0.3) is 11.3 Å². The molecule has 0 aliphatic carbocycles. The molecule has 144 valence electrons. The first kappa shape index (κ1) is 19.3. The largest absolute Gasteiger partial charge is 0.497 e. The molecule has 1 amide bonds. The molecule has 0 fully saturated rings. The molecule has 28 heavy (non-hydrogen) atoms. The maximum Gasteiger partial charge on any atom is 0.273 e. The van der Waals surface area contributed by atoms with Crippen LogP contribution in [0.4, 0.5) is 10.8 Å². The molecule has 3 aromatic rings. The summed E-state index contributed by atoms with van der Waals surface area (Å²) in [4.78, 5) is 27.3.